The fourth-order valence-electron chi connectivity index (χ4n) is 9.25. The van der Waals surface area contributed by atoms with Gasteiger partial charge in [-0.2, -0.15) is 0 Å². The molecule has 0 unspecified atom stereocenters. The van der Waals surface area contributed by atoms with E-state index < -0.39 is 163 Å². The number of nitrogens with two attached hydrogens (primary N) is 4. The van der Waals surface area contributed by atoms with E-state index in [0.717, 1.165) is 25.7 Å². The predicted molar refractivity (Wildman–Crippen MR) is 298 cm³/mol. The molecule has 1 aliphatic rings. The minimum Gasteiger partial charge on any atom is -0.396 e. The molecule has 1 rings (SSSR count). The first-order valence-corrected chi connectivity index (χ1v) is 28.5. The third-order valence-electron chi connectivity index (χ3n) is 13.8. The van der Waals surface area contributed by atoms with E-state index in [1.165, 1.54) is 13.8 Å². The molecule has 1 heterocycles. The molecule has 0 bridgehead atoms. The summed E-state index contributed by atoms with van der Waals surface area (Å²) in [7, 11) is 0. The van der Waals surface area contributed by atoms with Crippen molar-refractivity contribution in [2.75, 3.05) is 39.3 Å². The number of carbonyl (C=O) groups excluding carboxylic acids is 11. The molecule has 0 aromatic carbocycles. The Balaban J connectivity index is 3.78. The van der Waals surface area contributed by atoms with Crippen molar-refractivity contribution in [1.29, 1.82) is 0 Å². The summed E-state index contributed by atoms with van der Waals surface area (Å²) >= 11 is 0. The van der Waals surface area contributed by atoms with Gasteiger partial charge < -0.3 is 80.8 Å². The molecule has 458 valence electrons. The lowest BCUT2D eigenvalue weighted by Crippen LogP contribution is -2.60. The Bertz CT molecular complexity index is 2010. The molecule has 1 aliphatic heterocycles. The largest absolute Gasteiger partial charge is 0.396 e. The number of unbranched alkanes of at least 4 members (excludes halogenated alkanes) is 4. The zero-order chi connectivity index (χ0) is 60.6. The van der Waals surface area contributed by atoms with Crippen molar-refractivity contribution in [1.82, 2.24) is 42.5 Å². The number of aliphatic hydroxyl groups is 3. The van der Waals surface area contributed by atoms with Crippen molar-refractivity contribution < 1.29 is 68.1 Å². The Kier molecular flexibility index (Phi) is 35.4. The summed E-state index contributed by atoms with van der Waals surface area (Å²) in [5.41, 5.74) is 23.4. The van der Waals surface area contributed by atoms with Gasteiger partial charge in [-0.25, -0.2) is 0 Å². The van der Waals surface area contributed by atoms with E-state index in [1.807, 2.05) is 13.8 Å². The number of nitrogens with one attached hydrogen (secondary N) is 8. The Hall–Kier alpha value is -5.51. The highest BCUT2D eigenvalue weighted by molar-refractivity contribution is 5.99. The summed E-state index contributed by atoms with van der Waals surface area (Å²) < 4.78 is 0. The van der Waals surface area contributed by atoms with Crippen LogP contribution < -0.4 is 65.5 Å². The number of hydrogen-bond acceptors (Lipinski definition) is 18. The Morgan fingerprint density at radius 2 is 1.15 bits per heavy atom. The lowest BCUT2D eigenvalue weighted by Gasteiger charge is -2.28. The number of amides is 8. The van der Waals surface area contributed by atoms with E-state index >= 15 is 0 Å². The van der Waals surface area contributed by atoms with Gasteiger partial charge in [0.05, 0.1) is 30.8 Å². The lowest BCUT2D eigenvalue weighted by atomic mass is 9.88. The summed E-state index contributed by atoms with van der Waals surface area (Å²) in [4.78, 5) is 152. The van der Waals surface area contributed by atoms with Gasteiger partial charge in [0, 0.05) is 44.1 Å². The minimum absolute atomic E-state index is 0.0440. The van der Waals surface area contributed by atoms with E-state index in [0.29, 0.717) is 6.42 Å². The summed E-state index contributed by atoms with van der Waals surface area (Å²) in [5, 5.41) is 52.3. The molecule has 1 saturated heterocycles. The smallest absolute Gasteiger partial charge is 0.245 e. The molecule has 0 aromatic heterocycles. The third-order valence-corrected chi connectivity index (χ3v) is 13.8. The van der Waals surface area contributed by atoms with Crippen LogP contribution in [0.15, 0.2) is 0 Å². The van der Waals surface area contributed by atoms with Crippen molar-refractivity contribution in [3.63, 3.8) is 0 Å². The van der Waals surface area contributed by atoms with Gasteiger partial charge in [-0.3, -0.25) is 52.7 Å². The van der Waals surface area contributed by atoms with Crippen LogP contribution in [0.5, 0.6) is 0 Å². The number of aliphatic hydroxyl groups excluding tert-OH is 3. The molecule has 12 atom stereocenters. The second-order valence-electron chi connectivity index (χ2n) is 21.9. The van der Waals surface area contributed by atoms with E-state index in [1.54, 1.807) is 13.8 Å². The topological polar surface area (TPSA) is 449 Å². The lowest BCUT2D eigenvalue weighted by molar-refractivity contribution is -0.138. The molecule has 0 aromatic rings. The van der Waals surface area contributed by atoms with Crippen LogP contribution in [0.4, 0.5) is 0 Å². The zero-order valence-electron chi connectivity index (χ0n) is 48.3. The van der Waals surface area contributed by atoms with E-state index in [2.05, 4.69) is 49.5 Å². The van der Waals surface area contributed by atoms with Crippen LogP contribution in [0.2, 0.25) is 0 Å². The maximum Gasteiger partial charge on any atom is 0.245 e. The summed E-state index contributed by atoms with van der Waals surface area (Å²) in [6.07, 6.45) is -0.139. The maximum absolute atomic E-state index is 14.4. The summed E-state index contributed by atoms with van der Waals surface area (Å²) in [6.45, 7) is 9.99. The van der Waals surface area contributed by atoms with Crippen molar-refractivity contribution in [3.8, 4) is 0 Å². The van der Waals surface area contributed by atoms with Gasteiger partial charge in [-0.1, -0.05) is 60.3 Å². The molecular weight excluding hydrogens is 1040 g/mol. The first-order valence-electron chi connectivity index (χ1n) is 28.5. The molecule has 8 amide bonds. The highest BCUT2D eigenvalue weighted by Gasteiger charge is 2.38. The van der Waals surface area contributed by atoms with Crippen LogP contribution in [0.1, 0.15) is 151 Å². The van der Waals surface area contributed by atoms with Crippen molar-refractivity contribution in [3.05, 3.63) is 0 Å². The summed E-state index contributed by atoms with van der Waals surface area (Å²) in [5.74, 6) is -12.6. The molecular formula is C54H98N12O14. The first-order chi connectivity index (χ1) is 37.8. The van der Waals surface area contributed by atoms with E-state index in [4.69, 9.17) is 22.9 Å². The van der Waals surface area contributed by atoms with Crippen LogP contribution in [0.25, 0.3) is 0 Å². The number of carbonyl (C=O) groups is 11. The third kappa shape index (κ3) is 26.8. The fourth-order valence-corrected chi connectivity index (χ4v) is 9.25. The highest BCUT2D eigenvalue weighted by atomic mass is 16.3. The molecule has 0 spiro atoms. The number of hydrogen-bond donors (Lipinski definition) is 15. The first kappa shape index (κ1) is 72.5. The quantitative estimate of drug-likeness (QED) is 0.0324. The fraction of sp³-hybridized carbons (Fsp3) is 0.796. The van der Waals surface area contributed by atoms with Crippen LogP contribution in [-0.4, -0.2) is 174 Å². The second kappa shape index (κ2) is 39.0. The maximum atomic E-state index is 14.4. The Morgan fingerprint density at radius 1 is 0.613 bits per heavy atom. The van der Waals surface area contributed by atoms with Gasteiger partial charge in [0.2, 0.25) is 47.3 Å². The molecule has 0 saturated carbocycles. The predicted octanol–water partition coefficient (Wildman–Crippen LogP) is -2.77. The normalized spacial score (nSPS) is 23.5. The van der Waals surface area contributed by atoms with Gasteiger partial charge in [0.15, 0.2) is 11.6 Å². The Morgan fingerprint density at radius 3 is 1.68 bits per heavy atom. The van der Waals surface area contributed by atoms with Crippen molar-refractivity contribution >= 4 is 64.6 Å². The van der Waals surface area contributed by atoms with Crippen molar-refractivity contribution in [2.45, 2.75) is 206 Å². The SMILES string of the molecule is CCCCCCCC(=O)C[C@@H](CCN)C(=O)N[C@H](C(=O)C[C@@H](CO)C(=O)N[C@H]1CCNC(=O)[C@H]([C@@H](C)O)NC(=O)[C@H](CCN)NC(=O)[C@H](CCN)NC(=O)[C@H](CC(C)C)NC(=O)[C@@H](CC(C)C)CC(=O)[C@H](CCN)NC1=O)[C@@H](C)O. The molecule has 1 fully saturated rings. The standard InChI is InChI=1S/C54H98N12O14/c1-8-9-10-11-12-13-37(70)26-34(14-19-55)47(73)65-45(32(6)68)44(72)28-36(29-67)49(75)61-41-18-23-59-54(80)46(33(7)69)66-52(78)40(17-22-58)62-50(76)39(16-21-57)63-53(79)42(25-31(4)5)64-48(74)35(24-30(2)3)27-43(71)38(15-20-56)60-51(41)77/h30-36,38-42,45-46,67-69H,8-29,55-58H2,1-7H3,(H,59,80)(H,60,77)(H,61,75)(H,62,76)(H,63,79)(H,64,74)(H,65,73)(H,66,78)/t32-,33-,34-,35+,36+,38+,39+,40+,41+,42+,45+,46+/m1/s1. The molecule has 26 nitrogen and oxygen atoms in total. The molecule has 0 aliphatic carbocycles. The molecule has 26 heteroatoms. The molecule has 80 heavy (non-hydrogen) atoms. The second-order valence-corrected chi connectivity index (χ2v) is 21.9. The zero-order valence-corrected chi connectivity index (χ0v) is 48.3. The van der Waals surface area contributed by atoms with Gasteiger partial charge >= 0.3 is 0 Å². The summed E-state index contributed by atoms with van der Waals surface area (Å²) in [6, 6.07) is -10.2. The number of ketones is 3. The van der Waals surface area contributed by atoms with Crippen molar-refractivity contribution in [2.24, 2.45) is 52.5 Å². The molecule has 19 N–H and O–H groups in total. The van der Waals surface area contributed by atoms with Gasteiger partial charge in [0.1, 0.15) is 42.0 Å². The van der Waals surface area contributed by atoms with E-state index in [-0.39, 0.29) is 95.2 Å². The van der Waals surface area contributed by atoms with Gasteiger partial charge in [0.25, 0.3) is 0 Å². The van der Waals surface area contributed by atoms with Gasteiger partial charge in [-0.15, -0.1) is 0 Å². The van der Waals surface area contributed by atoms with Crippen LogP contribution >= 0.6 is 0 Å². The average Bonchev–Trinajstić information content (AvgIpc) is 3.38. The Labute approximate surface area is 471 Å². The van der Waals surface area contributed by atoms with Crippen LogP contribution in [0, 0.1) is 29.6 Å². The van der Waals surface area contributed by atoms with E-state index in [9.17, 15) is 68.1 Å². The van der Waals surface area contributed by atoms with Crippen LogP contribution in [-0.2, 0) is 52.7 Å². The van der Waals surface area contributed by atoms with Crippen LogP contribution in [0.3, 0.4) is 0 Å². The van der Waals surface area contributed by atoms with Gasteiger partial charge in [-0.05, 0) is 103 Å². The number of rotatable bonds is 30. The highest BCUT2D eigenvalue weighted by Crippen LogP contribution is 2.21. The number of Topliss-reactive ketones (excluding diaryl/α,β-unsaturated/α-hetero) is 3. The average molecular weight is 1140 g/mol. The minimum atomic E-state index is -1.67. The monoisotopic (exact) mass is 1140 g/mol. The molecule has 0 radical (unpaired) electrons.